The lowest BCUT2D eigenvalue weighted by molar-refractivity contribution is 0.290. The van der Waals surface area contributed by atoms with Gasteiger partial charge in [0.2, 0.25) is 5.88 Å². The van der Waals surface area contributed by atoms with Gasteiger partial charge in [0.25, 0.3) is 0 Å². The molecule has 1 saturated carbocycles. The monoisotopic (exact) mass is 271 g/mol. The van der Waals surface area contributed by atoms with E-state index in [1.807, 2.05) is 24.3 Å². The second-order valence-corrected chi connectivity index (χ2v) is 4.76. The maximum Gasteiger partial charge on any atom is 0.234 e. The number of rotatable bonds is 6. The van der Waals surface area contributed by atoms with E-state index in [1.165, 1.54) is 0 Å². The molecule has 0 unspecified atom stereocenters. The molecule has 0 bridgehead atoms. The number of hydrogen-bond donors (Lipinski definition) is 1. The van der Waals surface area contributed by atoms with Gasteiger partial charge in [0.15, 0.2) is 0 Å². The molecule has 5 nitrogen and oxygen atoms in total. The minimum Gasteiger partial charge on any atom is -0.497 e. The lowest BCUT2D eigenvalue weighted by atomic mass is 10.2. The first kappa shape index (κ1) is 12.7. The van der Waals surface area contributed by atoms with Crippen LogP contribution in [0, 0.1) is 0 Å². The van der Waals surface area contributed by atoms with Crippen molar-refractivity contribution >= 4 is 5.82 Å². The van der Waals surface area contributed by atoms with Gasteiger partial charge in [-0.2, -0.15) is 4.98 Å². The second-order valence-electron chi connectivity index (χ2n) is 4.76. The molecule has 0 aliphatic heterocycles. The van der Waals surface area contributed by atoms with E-state index in [1.54, 1.807) is 19.5 Å². The fourth-order valence-corrected chi connectivity index (χ4v) is 1.78. The number of benzene rings is 1. The molecule has 0 spiro atoms. The molecule has 0 atom stereocenters. The van der Waals surface area contributed by atoms with Gasteiger partial charge in [0.1, 0.15) is 17.7 Å². The van der Waals surface area contributed by atoms with E-state index >= 15 is 0 Å². The van der Waals surface area contributed by atoms with Crippen LogP contribution in [0.4, 0.5) is 5.82 Å². The molecule has 0 saturated heterocycles. The Morgan fingerprint density at radius 2 is 2.00 bits per heavy atom. The molecule has 1 aliphatic carbocycles. The van der Waals surface area contributed by atoms with Crippen molar-refractivity contribution in [3.8, 4) is 11.6 Å². The molecule has 0 amide bonds. The SMILES string of the molecule is COc1ccc(CNc2cncc(OC3CC3)n2)cc1. The van der Waals surface area contributed by atoms with E-state index in [0.717, 1.165) is 30.0 Å². The van der Waals surface area contributed by atoms with Gasteiger partial charge in [-0.25, -0.2) is 0 Å². The van der Waals surface area contributed by atoms with Crippen LogP contribution >= 0.6 is 0 Å². The van der Waals surface area contributed by atoms with Gasteiger partial charge in [-0.05, 0) is 30.5 Å². The standard InChI is InChI=1S/C15H17N3O2/c1-19-12-4-2-11(3-5-12)8-17-14-9-16-10-15(18-14)20-13-6-7-13/h2-5,9-10,13H,6-8H2,1H3,(H,17,18). The third-order valence-corrected chi connectivity index (χ3v) is 3.06. The molecule has 3 rings (SSSR count). The molecule has 0 radical (unpaired) electrons. The normalized spacial score (nSPS) is 13.8. The Labute approximate surface area is 118 Å². The van der Waals surface area contributed by atoms with Crippen molar-refractivity contribution in [3.63, 3.8) is 0 Å². The highest BCUT2D eigenvalue weighted by molar-refractivity contribution is 5.36. The molecule has 2 aromatic rings. The summed E-state index contributed by atoms with van der Waals surface area (Å²) < 4.78 is 10.7. The van der Waals surface area contributed by atoms with Crippen molar-refractivity contribution in [2.45, 2.75) is 25.5 Å². The molecule has 1 aromatic carbocycles. The average molecular weight is 271 g/mol. The first-order valence-corrected chi connectivity index (χ1v) is 6.69. The Morgan fingerprint density at radius 1 is 1.20 bits per heavy atom. The molecule has 20 heavy (non-hydrogen) atoms. The van der Waals surface area contributed by atoms with Crippen LogP contribution in [-0.4, -0.2) is 23.2 Å². The van der Waals surface area contributed by atoms with Gasteiger partial charge < -0.3 is 14.8 Å². The van der Waals surface area contributed by atoms with E-state index in [-0.39, 0.29) is 0 Å². The van der Waals surface area contributed by atoms with Crippen LogP contribution in [0.1, 0.15) is 18.4 Å². The van der Waals surface area contributed by atoms with E-state index in [2.05, 4.69) is 15.3 Å². The van der Waals surface area contributed by atoms with Gasteiger partial charge in [0.05, 0.1) is 19.5 Å². The van der Waals surface area contributed by atoms with Crippen molar-refractivity contribution in [1.82, 2.24) is 9.97 Å². The largest absolute Gasteiger partial charge is 0.497 e. The molecule has 5 heteroatoms. The summed E-state index contributed by atoms with van der Waals surface area (Å²) >= 11 is 0. The zero-order valence-corrected chi connectivity index (χ0v) is 11.4. The number of methoxy groups -OCH3 is 1. The zero-order chi connectivity index (χ0) is 13.8. The van der Waals surface area contributed by atoms with Crippen LogP contribution in [0.25, 0.3) is 0 Å². The van der Waals surface area contributed by atoms with Crippen LogP contribution in [0.3, 0.4) is 0 Å². The third kappa shape index (κ3) is 3.38. The molecular formula is C15H17N3O2. The van der Waals surface area contributed by atoms with E-state index < -0.39 is 0 Å². The van der Waals surface area contributed by atoms with Crippen molar-refractivity contribution in [2.75, 3.05) is 12.4 Å². The average Bonchev–Trinajstić information content (AvgIpc) is 3.30. The Hall–Kier alpha value is -2.30. The Kier molecular flexibility index (Phi) is 3.67. The second kappa shape index (κ2) is 5.77. The van der Waals surface area contributed by atoms with Crippen LogP contribution in [0.15, 0.2) is 36.7 Å². The number of aromatic nitrogens is 2. The number of nitrogens with zero attached hydrogens (tertiary/aromatic N) is 2. The quantitative estimate of drug-likeness (QED) is 0.875. The summed E-state index contributed by atoms with van der Waals surface area (Å²) in [6, 6.07) is 7.91. The molecule has 1 aromatic heterocycles. The van der Waals surface area contributed by atoms with Crippen molar-refractivity contribution < 1.29 is 9.47 Å². The lowest BCUT2D eigenvalue weighted by Gasteiger charge is -2.08. The molecule has 104 valence electrons. The predicted molar refractivity (Wildman–Crippen MR) is 76.0 cm³/mol. The van der Waals surface area contributed by atoms with Gasteiger partial charge in [-0.3, -0.25) is 4.98 Å². The van der Waals surface area contributed by atoms with Crippen molar-refractivity contribution in [2.24, 2.45) is 0 Å². The fourth-order valence-electron chi connectivity index (χ4n) is 1.78. The summed E-state index contributed by atoms with van der Waals surface area (Å²) in [7, 11) is 1.66. The molecule has 1 fully saturated rings. The predicted octanol–water partition coefficient (Wildman–Crippen LogP) is 2.64. The number of hydrogen-bond acceptors (Lipinski definition) is 5. The van der Waals surface area contributed by atoms with E-state index in [4.69, 9.17) is 9.47 Å². The van der Waals surface area contributed by atoms with Crippen LogP contribution in [-0.2, 0) is 6.54 Å². The fraction of sp³-hybridized carbons (Fsp3) is 0.333. The summed E-state index contributed by atoms with van der Waals surface area (Å²) in [5.74, 6) is 2.17. The highest BCUT2D eigenvalue weighted by atomic mass is 16.5. The molecule has 1 aliphatic rings. The molecular weight excluding hydrogens is 254 g/mol. The summed E-state index contributed by atoms with van der Waals surface area (Å²) in [6.45, 7) is 0.686. The number of ether oxygens (including phenoxy) is 2. The van der Waals surface area contributed by atoms with Crippen LogP contribution < -0.4 is 14.8 Å². The van der Waals surface area contributed by atoms with Crippen LogP contribution in [0.5, 0.6) is 11.6 Å². The third-order valence-electron chi connectivity index (χ3n) is 3.06. The highest BCUT2D eigenvalue weighted by Gasteiger charge is 2.24. The van der Waals surface area contributed by atoms with Gasteiger partial charge in [-0.1, -0.05) is 12.1 Å². The Bertz CT molecular complexity index is 568. The van der Waals surface area contributed by atoms with Crippen molar-refractivity contribution in [1.29, 1.82) is 0 Å². The first-order chi connectivity index (χ1) is 9.83. The lowest BCUT2D eigenvalue weighted by Crippen LogP contribution is -2.04. The Morgan fingerprint density at radius 3 is 2.70 bits per heavy atom. The summed E-state index contributed by atoms with van der Waals surface area (Å²) in [5.41, 5.74) is 1.15. The van der Waals surface area contributed by atoms with E-state index in [0.29, 0.717) is 18.5 Å². The maximum atomic E-state index is 5.62. The van der Waals surface area contributed by atoms with Gasteiger partial charge in [-0.15, -0.1) is 0 Å². The molecule has 1 N–H and O–H groups in total. The summed E-state index contributed by atoms with van der Waals surface area (Å²) in [4.78, 5) is 8.52. The summed E-state index contributed by atoms with van der Waals surface area (Å²) in [5, 5.41) is 3.24. The van der Waals surface area contributed by atoms with Crippen molar-refractivity contribution in [3.05, 3.63) is 42.2 Å². The number of nitrogens with one attached hydrogen (secondary N) is 1. The summed E-state index contributed by atoms with van der Waals surface area (Å²) in [6.07, 6.45) is 5.91. The van der Waals surface area contributed by atoms with Gasteiger partial charge in [0, 0.05) is 6.54 Å². The Balaban J connectivity index is 1.58. The highest BCUT2D eigenvalue weighted by Crippen LogP contribution is 2.25. The number of anilines is 1. The van der Waals surface area contributed by atoms with E-state index in [9.17, 15) is 0 Å². The topological polar surface area (TPSA) is 56.3 Å². The maximum absolute atomic E-state index is 5.62. The minimum atomic E-state index is 0.334. The molecule has 1 heterocycles. The first-order valence-electron chi connectivity index (χ1n) is 6.69. The smallest absolute Gasteiger partial charge is 0.234 e. The van der Waals surface area contributed by atoms with Crippen LogP contribution in [0.2, 0.25) is 0 Å². The van der Waals surface area contributed by atoms with Gasteiger partial charge >= 0.3 is 0 Å². The minimum absolute atomic E-state index is 0.334. The zero-order valence-electron chi connectivity index (χ0n) is 11.4.